The first-order valence-corrected chi connectivity index (χ1v) is 6.10. The van der Waals surface area contributed by atoms with Gasteiger partial charge in [-0.25, -0.2) is 0 Å². The largest absolute Gasteiger partial charge is 0.381 e. The summed E-state index contributed by atoms with van der Waals surface area (Å²) in [7, 11) is 0. The van der Waals surface area contributed by atoms with Gasteiger partial charge in [0.05, 0.1) is 11.9 Å². The van der Waals surface area contributed by atoms with Crippen LogP contribution in [0.25, 0.3) is 0 Å². The Hall–Kier alpha value is -0.220. The van der Waals surface area contributed by atoms with E-state index in [4.69, 9.17) is 4.74 Å². The summed E-state index contributed by atoms with van der Waals surface area (Å²) in [4.78, 5) is 11.7. The molecule has 3 atom stereocenters. The number of hydrogen-bond acceptors (Lipinski definition) is 3. The lowest BCUT2D eigenvalue weighted by Gasteiger charge is -2.22. The first kappa shape index (κ1) is 12.8. The molecule has 0 aromatic rings. The van der Waals surface area contributed by atoms with Crippen LogP contribution in [0.15, 0.2) is 0 Å². The third kappa shape index (κ3) is 3.68. The van der Waals surface area contributed by atoms with Gasteiger partial charge in [-0.1, -0.05) is 13.8 Å². The van der Waals surface area contributed by atoms with E-state index in [1.54, 1.807) is 0 Å². The zero-order valence-corrected chi connectivity index (χ0v) is 10.6. The van der Waals surface area contributed by atoms with Crippen LogP contribution in [-0.2, 0) is 9.53 Å². The maximum atomic E-state index is 11.7. The van der Waals surface area contributed by atoms with Gasteiger partial charge in [0.15, 0.2) is 0 Å². The lowest BCUT2D eigenvalue weighted by molar-refractivity contribution is -0.122. The Kier molecular flexibility index (Phi) is 4.93. The maximum absolute atomic E-state index is 11.7. The maximum Gasteiger partial charge on any atom is 0.233 e. The molecule has 88 valence electrons. The molecule has 4 heteroatoms. The van der Waals surface area contributed by atoms with E-state index in [0.717, 1.165) is 19.6 Å². The van der Waals surface area contributed by atoms with Crippen molar-refractivity contribution in [2.45, 2.75) is 38.5 Å². The fourth-order valence-electron chi connectivity index (χ4n) is 1.68. The van der Waals surface area contributed by atoms with E-state index in [1.807, 2.05) is 20.8 Å². The van der Waals surface area contributed by atoms with E-state index >= 15 is 0 Å². The Balaban J connectivity index is 2.36. The highest BCUT2D eigenvalue weighted by Crippen LogP contribution is 2.17. The molecule has 1 rings (SSSR count). The summed E-state index contributed by atoms with van der Waals surface area (Å²) in [6.07, 6.45) is 1.04. The number of rotatable bonds is 4. The minimum atomic E-state index is -0.213. The number of ether oxygens (including phenoxy) is 1. The fraction of sp³-hybridized carbons (Fsp3) is 0.909. The first-order chi connectivity index (χ1) is 7.02. The molecule has 3 unspecified atom stereocenters. The topological polar surface area (TPSA) is 38.3 Å². The van der Waals surface area contributed by atoms with Crippen LogP contribution in [0.4, 0.5) is 0 Å². The van der Waals surface area contributed by atoms with Crippen molar-refractivity contribution in [3.05, 3.63) is 0 Å². The first-order valence-electron chi connectivity index (χ1n) is 5.58. The summed E-state index contributed by atoms with van der Waals surface area (Å²) in [6.45, 7) is 7.62. The molecule has 1 aliphatic rings. The number of hydrogen-bond donors (Lipinski definition) is 2. The van der Waals surface area contributed by atoms with Crippen molar-refractivity contribution in [2.24, 2.45) is 11.8 Å². The average molecular weight is 231 g/mol. The smallest absolute Gasteiger partial charge is 0.233 e. The Labute approximate surface area is 97.4 Å². The summed E-state index contributed by atoms with van der Waals surface area (Å²) < 4.78 is 5.30. The molecule has 0 saturated carbocycles. The summed E-state index contributed by atoms with van der Waals surface area (Å²) in [6, 6.07) is 0.188. The SMILES string of the molecule is CC(C)C(S)C(=O)NC(C)C1CCOC1. The summed E-state index contributed by atoms with van der Waals surface area (Å²) in [5.41, 5.74) is 0. The van der Waals surface area contributed by atoms with Crippen molar-refractivity contribution in [3.8, 4) is 0 Å². The molecular formula is C11H21NO2S. The van der Waals surface area contributed by atoms with Gasteiger partial charge in [-0.3, -0.25) is 4.79 Å². The molecule has 1 N–H and O–H groups in total. The average Bonchev–Trinajstić information content (AvgIpc) is 2.68. The van der Waals surface area contributed by atoms with Crippen molar-refractivity contribution in [1.29, 1.82) is 0 Å². The van der Waals surface area contributed by atoms with Crippen molar-refractivity contribution in [1.82, 2.24) is 5.32 Å². The van der Waals surface area contributed by atoms with Gasteiger partial charge in [0, 0.05) is 18.6 Å². The number of amides is 1. The Morgan fingerprint density at radius 3 is 2.60 bits per heavy atom. The van der Waals surface area contributed by atoms with Crippen LogP contribution in [0.3, 0.4) is 0 Å². The van der Waals surface area contributed by atoms with Crippen LogP contribution < -0.4 is 5.32 Å². The van der Waals surface area contributed by atoms with Gasteiger partial charge in [0.1, 0.15) is 0 Å². The lowest BCUT2D eigenvalue weighted by atomic mass is 10.00. The number of nitrogens with one attached hydrogen (secondary N) is 1. The molecule has 1 saturated heterocycles. The summed E-state index contributed by atoms with van der Waals surface area (Å²) in [5, 5.41) is 2.79. The quantitative estimate of drug-likeness (QED) is 0.719. The van der Waals surface area contributed by atoms with Crippen LogP contribution in [0.1, 0.15) is 27.2 Å². The second kappa shape index (κ2) is 5.75. The summed E-state index contributed by atoms with van der Waals surface area (Å²) >= 11 is 4.29. The van der Waals surface area contributed by atoms with Gasteiger partial charge in [-0.2, -0.15) is 12.6 Å². The second-order valence-electron chi connectivity index (χ2n) is 4.61. The van der Waals surface area contributed by atoms with Crippen molar-refractivity contribution in [3.63, 3.8) is 0 Å². The molecule has 3 nitrogen and oxygen atoms in total. The molecule has 15 heavy (non-hydrogen) atoms. The van der Waals surface area contributed by atoms with Gasteiger partial charge >= 0.3 is 0 Å². The predicted molar refractivity (Wildman–Crippen MR) is 64.1 cm³/mol. The standard InChI is InChI=1S/C11H21NO2S/c1-7(2)10(15)11(13)12-8(3)9-4-5-14-6-9/h7-10,15H,4-6H2,1-3H3,(H,12,13). The van der Waals surface area contributed by atoms with E-state index in [9.17, 15) is 4.79 Å². The van der Waals surface area contributed by atoms with Gasteiger partial charge in [-0.15, -0.1) is 0 Å². The number of carbonyl (C=O) groups excluding carboxylic acids is 1. The molecule has 0 spiro atoms. The molecule has 0 aromatic carbocycles. The van der Waals surface area contributed by atoms with Crippen LogP contribution >= 0.6 is 12.6 Å². The predicted octanol–water partition coefficient (Wildman–Crippen LogP) is 1.48. The van der Waals surface area contributed by atoms with Crippen molar-refractivity contribution in [2.75, 3.05) is 13.2 Å². The van der Waals surface area contributed by atoms with E-state index in [0.29, 0.717) is 5.92 Å². The van der Waals surface area contributed by atoms with Crippen LogP contribution in [-0.4, -0.2) is 30.4 Å². The second-order valence-corrected chi connectivity index (χ2v) is 5.17. The zero-order valence-electron chi connectivity index (χ0n) is 9.69. The third-order valence-corrected chi connectivity index (χ3v) is 3.77. The number of carbonyl (C=O) groups is 1. The Morgan fingerprint density at radius 1 is 1.47 bits per heavy atom. The van der Waals surface area contributed by atoms with Gasteiger partial charge in [0.2, 0.25) is 5.91 Å². The highest BCUT2D eigenvalue weighted by atomic mass is 32.1. The molecule has 1 amide bonds. The highest BCUT2D eigenvalue weighted by molar-refractivity contribution is 7.81. The highest BCUT2D eigenvalue weighted by Gasteiger charge is 2.26. The molecule has 1 aliphatic heterocycles. The molecule has 0 aliphatic carbocycles. The molecule has 1 fully saturated rings. The van der Waals surface area contributed by atoms with Gasteiger partial charge in [0.25, 0.3) is 0 Å². The normalized spacial score (nSPS) is 25.3. The Morgan fingerprint density at radius 2 is 2.13 bits per heavy atom. The molecular weight excluding hydrogens is 210 g/mol. The van der Waals surface area contributed by atoms with Crippen LogP contribution in [0, 0.1) is 11.8 Å². The summed E-state index contributed by atoms with van der Waals surface area (Å²) in [5.74, 6) is 0.759. The molecule has 0 radical (unpaired) electrons. The van der Waals surface area contributed by atoms with E-state index in [1.165, 1.54) is 0 Å². The van der Waals surface area contributed by atoms with E-state index < -0.39 is 0 Å². The van der Waals surface area contributed by atoms with E-state index in [-0.39, 0.29) is 23.1 Å². The van der Waals surface area contributed by atoms with Crippen LogP contribution in [0.2, 0.25) is 0 Å². The third-order valence-electron chi connectivity index (χ3n) is 2.94. The minimum absolute atomic E-state index is 0.0349. The van der Waals surface area contributed by atoms with E-state index in [2.05, 4.69) is 17.9 Å². The monoisotopic (exact) mass is 231 g/mol. The van der Waals surface area contributed by atoms with Gasteiger partial charge in [-0.05, 0) is 19.3 Å². The van der Waals surface area contributed by atoms with Crippen molar-refractivity contribution >= 4 is 18.5 Å². The Bertz CT molecular complexity index is 215. The fourth-order valence-corrected chi connectivity index (χ4v) is 1.75. The van der Waals surface area contributed by atoms with Crippen LogP contribution in [0.5, 0.6) is 0 Å². The zero-order chi connectivity index (χ0) is 11.4. The lowest BCUT2D eigenvalue weighted by Crippen LogP contribution is -2.43. The minimum Gasteiger partial charge on any atom is -0.381 e. The van der Waals surface area contributed by atoms with Gasteiger partial charge < -0.3 is 10.1 Å². The molecule has 0 aromatic heterocycles. The molecule has 0 bridgehead atoms. The molecule has 1 heterocycles. The van der Waals surface area contributed by atoms with Crippen molar-refractivity contribution < 1.29 is 9.53 Å². The number of thiol groups is 1.